The van der Waals surface area contributed by atoms with Crippen LogP contribution in [0.4, 0.5) is 8.78 Å². The molecule has 0 aliphatic carbocycles. The summed E-state index contributed by atoms with van der Waals surface area (Å²) in [5, 5.41) is 0. The molecule has 0 unspecified atom stereocenters. The maximum absolute atomic E-state index is 13.0. The monoisotopic (exact) mass is 250 g/mol. The second-order valence-electron chi connectivity index (χ2n) is 3.80. The Balaban J connectivity index is 2.33. The largest absolute Gasteiger partial charge is 0.439 e. The van der Waals surface area contributed by atoms with E-state index in [1.54, 1.807) is 19.1 Å². The van der Waals surface area contributed by atoms with Crippen molar-refractivity contribution in [3.05, 3.63) is 53.2 Å². The van der Waals surface area contributed by atoms with Gasteiger partial charge in [-0.1, -0.05) is 6.07 Å². The minimum absolute atomic E-state index is 0.182. The standard InChI is InChI=1S/C13H12F2N2O/c1-8-2-3-9(7-16)13(17-8)18-10-4-5-11(14)12(15)6-10/h2-6H,7,16H2,1H3. The predicted molar refractivity (Wildman–Crippen MR) is 63.3 cm³/mol. The van der Waals surface area contributed by atoms with Gasteiger partial charge < -0.3 is 10.5 Å². The number of hydrogen-bond donors (Lipinski definition) is 1. The highest BCUT2D eigenvalue weighted by Gasteiger charge is 2.08. The van der Waals surface area contributed by atoms with E-state index in [0.717, 1.165) is 17.8 Å². The molecule has 0 atom stereocenters. The summed E-state index contributed by atoms with van der Waals surface area (Å²) in [5.74, 6) is -1.39. The maximum Gasteiger partial charge on any atom is 0.223 e. The van der Waals surface area contributed by atoms with Crippen LogP contribution in [0.3, 0.4) is 0 Å². The third-order valence-electron chi connectivity index (χ3n) is 2.40. The molecule has 1 aromatic heterocycles. The Morgan fingerprint density at radius 1 is 1.17 bits per heavy atom. The molecule has 94 valence electrons. The number of ether oxygens (including phenoxy) is 1. The second-order valence-corrected chi connectivity index (χ2v) is 3.80. The molecular formula is C13H12F2N2O. The Morgan fingerprint density at radius 3 is 2.61 bits per heavy atom. The summed E-state index contributed by atoms with van der Waals surface area (Å²) in [6.07, 6.45) is 0. The van der Waals surface area contributed by atoms with Gasteiger partial charge in [0.1, 0.15) is 5.75 Å². The normalized spacial score (nSPS) is 10.4. The Kier molecular flexibility index (Phi) is 3.53. The molecule has 0 saturated heterocycles. The van der Waals surface area contributed by atoms with Crippen molar-refractivity contribution in [2.24, 2.45) is 5.73 Å². The third-order valence-corrected chi connectivity index (χ3v) is 2.40. The van der Waals surface area contributed by atoms with Crippen molar-refractivity contribution < 1.29 is 13.5 Å². The van der Waals surface area contributed by atoms with E-state index in [2.05, 4.69) is 4.98 Å². The highest BCUT2D eigenvalue weighted by Crippen LogP contribution is 2.24. The van der Waals surface area contributed by atoms with Crippen LogP contribution in [0.25, 0.3) is 0 Å². The molecule has 18 heavy (non-hydrogen) atoms. The van der Waals surface area contributed by atoms with Crippen LogP contribution in [0.2, 0.25) is 0 Å². The lowest BCUT2D eigenvalue weighted by molar-refractivity contribution is 0.441. The fourth-order valence-corrected chi connectivity index (χ4v) is 1.46. The first-order chi connectivity index (χ1) is 8.60. The molecule has 0 saturated carbocycles. The fraction of sp³-hybridized carbons (Fsp3) is 0.154. The zero-order chi connectivity index (χ0) is 13.1. The van der Waals surface area contributed by atoms with E-state index in [9.17, 15) is 8.78 Å². The van der Waals surface area contributed by atoms with Crippen molar-refractivity contribution in [3.8, 4) is 11.6 Å². The van der Waals surface area contributed by atoms with Gasteiger partial charge in [0.25, 0.3) is 0 Å². The average Bonchev–Trinajstić information content (AvgIpc) is 2.34. The summed E-state index contributed by atoms with van der Waals surface area (Å²) >= 11 is 0. The molecule has 0 spiro atoms. The van der Waals surface area contributed by atoms with Crippen molar-refractivity contribution in [1.82, 2.24) is 4.98 Å². The van der Waals surface area contributed by atoms with Crippen molar-refractivity contribution in [1.29, 1.82) is 0 Å². The highest BCUT2D eigenvalue weighted by molar-refractivity contribution is 5.33. The van der Waals surface area contributed by atoms with Crippen LogP contribution in [0.15, 0.2) is 30.3 Å². The lowest BCUT2D eigenvalue weighted by Gasteiger charge is -2.09. The second kappa shape index (κ2) is 5.10. The number of hydrogen-bond acceptors (Lipinski definition) is 3. The zero-order valence-electron chi connectivity index (χ0n) is 9.78. The summed E-state index contributed by atoms with van der Waals surface area (Å²) in [5.41, 5.74) is 7.01. The number of nitrogens with two attached hydrogens (primary N) is 1. The quantitative estimate of drug-likeness (QED) is 0.911. The maximum atomic E-state index is 13.0. The number of aromatic nitrogens is 1. The number of nitrogens with zero attached hydrogens (tertiary/aromatic N) is 1. The van der Waals surface area contributed by atoms with Crippen LogP contribution in [-0.4, -0.2) is 4.98 Å². The van der Waals surface area contributed by atoms with Crippen LogP contribution in [0.5, 0.6) is 11.6 Å². The van der Waals surface area contributed by atoms with Gasteiger partial charge in [0.05, 0.1) is 0 Å². The molecule has 0 bridgehead atoms. The van der Waals surface area contributed by atoms with Crippen LogP contribution in [0, 0.1) is 18.6 Å². The van der Waals surface area contributed by atoms with E-state index in [-0.39, 0.29) is 12.3 Å². The van der Waals surface area contributed by atoms with Gasteiger partial charge in [-0.3, -0.25) is 0 Å². The van der Waals surface area contributed by atoms with Gasteiger partial charge in [-0.15, -0.1) is 0 Å². The Bertz CT molecular complexity index is 573. The Hall–Kier alpha value is -2.01. The van der Waals surface area contributed by atoms with Crippen LogP contribution in [-0.2, 0) is 6.54 Å². The van der Waals surface area contributed by atoms with E-state index in [4.69, 9.17) is 10.5 Å². The van der Waals surface area contributed by atoms with Crippen molar-refractivity contribution in [3.63, 3.8) is 0 Å². The van der Waals surface area contributed by atoms with Crippen LogP contribution < -0.4 is 10.5 Å². The van der Waals surface area contributed by atoms with E-state index >= 15 is 0 Å². The Labute approximate surface area is 103 Å². The molecule has 0 amide bonds. The van der Waals surface area contributed by atoms with Gasteiger partial charge in [-0.2, -0.15) is 0 Å². The van der Waals surface area contributed by atoms with Crippen molar-refractivity contribution >= 4 is 0 Å². The zero-order valence-corrected chi connectivity index (χ0v) is 9.78. The number of aryl methyl sites for hydroxylation is 1. The van der Waals surface area contributed by atoms with Gasteiger partial charge in [-0.25, -0.2) is 13.8 Å². The average molecular weight is 250 g/mol. The molecule has 0 aliphatic rings. The fourth-order valence-electron chi connectivity index (χ4n) is 1.46. The molecule has 2 rings (SSSR count). The van der Waals surface area contributed by atoms with Crippen molar-refractivity contribution in [2.75, 3.05) is 0 Å². The van der Waals surface area contributed by atoms with E-state index in [1.807, 2.05) is 0 Å². The van der Waals surface area contributed by atoms with Crippen LogP contribution >= 0.6 is 0 Å². The molecule has 1 aromatic carbocycles. The first-order valence-corrected chi connectivity index (χ1v) is 5.39. The Morgan fingerprint density at radius 2 is 1.94 bits per heavy atom. The minimum Gasteiger partial charge on any atom is -0.439 e. The highest BCUT2D eigenvalue weighted by atomic mass is 19.2. The molecule has 0 fully saturated rings. The van der Waals surface area contributed by atoms with Gasteiger partial charge in [0.2, 0.25) is 5.88 Å². The number of benzene rings is 1. The lowest BCUT2D eigenvalue weighted by atomic mass is 10.2. The van der Waals surface area contributed by atoms with E-state index in [0.29, 0.717) is 11.4 Å². The number of halogens is 2. The summed E-state index contributed by atoms with van der Waals surface area (Å²) in [6, 6.07) is 6.91. The summed E-state index contributed by atoms with van der Waals surface area (Å²) in [4.78, 5) is 4.17. The summed E-state index contributed by atoms with van der Waals surface area (Å²) < 4.78 is 31.2. The predicted octanol–water partition coefficient (Wildman–Crippen LogP) is 2.92. The van der Waals surface area contributed by atoms with Gasteiger partial charge >= 0.3 is 0 Å². The number of pyridine rings is 1. The molecule has 2 N–H and O–H groups in total. The molecule has 2 aromatic rings. The van der Waals surface area contributed by atoms with Gasteiger partial charge in [0.15, 0.2) is 11.6 Å². The molecule has 3 nitrogen and oxygen atoms in total. The molecular weight excluding hydrogens is 238 g/mol. The van der Waals surface area contributed by atoms with Crippen LogP contribution in [0.1, 0.15) is 11.3 Å². The minimum atomic E-state index is -0.963. The smallest absolute Gasteiger partial charge is 0.223 e. The first-order valence-electron chi connectivity index (χ1n) is 5.39. The molecule has 1 heterocycles. The molecule has 5 heteroatoms. The molecule has 0 radical (unpaired) electrons. The van der Waals surface area contributed by atoms with E-state index in [1.165, 1.54) is 6.07 Å². The topological polar surface area (TPSA) is 48.1 Å². The van der Waals surface area contributed by atoms with Gasteiger partial charge in [-0.05, 0) is 25.1 Å². The summed E-state index contributed by atoms with van der Waals surface area (Å²) in [7, 11) is 0. The summed E-state index contributed by atoms with van der Waals surface area (Å²) in [6.45, 7) is 2.06. The van der Waals surface area contributed by atoms with Crippen molar-refractivity contribution in [2.45, 2.75) is 13.5 Å². The number of rotatable bonds is 3. The lowest BCUT2D eigenvalue weighted by Crippen LogP contribution is -2.02. The SMILES string of the molecule is Cc1ccc(CN)c(Oc2ccc(F)c(F)c2)n1. The van der Waals surface area contributed by atoms with Gasteiger partial charge in [0, 0.05) is 23.9 Å². The first kappa shape index (κ1) is 12.4. The molecule has 0 aliphatic heterocycles. The third kappa shape index (κ3) is 2.62. The van der Waals surface area contributed by atoms with E-state index < -0.39 is 11.6 Å².